The van der Waals surface area contributed by atoms with Crippen LogP contribution in [0.2, 0.25) is 0 Å². The van der Waals surface area contributed by atoms with Gasteiger partial charge in [0.15, 0.2) is 0 Å². The van der Waals surface area contributed by atoms with Crippen LogP contribution in [-0.4, -0.2) is 27.0 Å². The second-order valence-electron chi connectivity index (χ2n) is 6.74. The molecule has 0 aliphatic heterocycles. The molecule has 0 saturated heterocycles. The third-order valence-corrected chi connectivity index (χ3v) is 4.93. The van der Waals surface area contributed by atoms with E-state index in [0.717, 1.165) is 33.5 Å². The second kappa shape index (κ2) is 7.38. The molecule has 138 valence electrons. The van der Waals surface area contributed by atoms with Crippen LogP contribution in [0.3, 0.4) is 0 Å². The van der Waals surface area contributed by atoms with Crippen LogP contribution in [0.25, 0.3) is 11.0 Å². The van der Waals surface area contributed by atoms with E-state index in [1.807, 2.05) is 58.0 Å². The van der Waals surface area contributed by atoms with Crippen molar-refractivity contribution >= 4 is 11.0 Å². The molecule has 0 radical (unpaired) electrons. The van der Waals surface area contributed by atoms with E-state index in [-0.39, 0.29) is 18.8 Å². The quantitative estimate of drug-likeness (QED) is 0.740. The molecule has 2 aromatic carbocycles. The smallest absolute Gasteiger partial charge is 0.329 e. The largest absolute Gasteiger partial charge is 0.490 e. The Morgan fingerprint density at radius 1 is 1.00 bits per heavy atom. The fourth-order valence-corrected chi connectivity index (χ4v) is 3.35. The Morgan fingerprint density at radius 2 is 1.62 bits per heavy atom. The molecule has 3 aromatic rings. The minimum absolute atomic E-state index is 0.101. The molecular formula is C21H26N2O3. The SMILES string of the molecule is CCn1c(=O)n(C[C@@H](O)COc2c(C)ccc(C)c2C)c2ccccc21. The van der Waals surface area contributed by atoms with Crippen LogP contribution in [-0.2, 0) is 13.1 Å². The number of aliphatic hydroxyl groups excluding tert-OH is 1. The topological polar surface area (TPSA) is 56.4 Å². The average Bonchev–Trinajstić information content (AvgIpc) is 2.90. The van der Waals surface area contributed by atoms with E-state index >= 15 is 0 Å². The summed E-state index contributed by atoms with van der Waals surface area (Å²) in [6.45, 7) is 8.94. The molecule has 0 unspecified atom stereocenters. The van der Waals surface area contributed by atoms with Gasteiger partial charge in [-0.05, 0) is 56.5 Å². The normalized spacial score (nSPS) is 12.5. The summed E-state index contributed by atoms with van der Waals surface area (Å²) in [5.74, 6) is 0.812. The van der Waals surface area contributed by atoms with Gasteiger partial charge in [-0.1, -0.05) is 24.3 Å². The van der Waals surface area contributed by atoms with Gasteiger partial charge in [0.25, 0.3) is 0 Å². The van der Waals surface area contributed by atoms with Crippen LogP contribution in [0.4, 0.5) is 0 Å². The van der Waals surface area contributed by atoms with Crippen molar-refractivity contribution in [3.05, 3.63) is 63.6 Å². The lowest BCUT2D eigenvalue weighted by atomic mass is 10.1. The van der Waals surface area contributed by atoms with Gasteiger partial charge in [0.2, 0.25) is 0 Å². The number of hydrogen-bond acceptors (Lipinski definition) is 3. The number of rotatable bonds is 6. The Labute approximate surface area is 153 Å². The first-order chi connectivity index (χ1) is 12.4. The molecule has 0 fully saturated rings. The second-order valence-corrected chi connectivity index (χ2v) is 6.74. The minimum Gasteiger partial charge on any atom is -0.490 e. The van der Waals surface area contributed by atoms with Gasteiger partial charge >= 0.3 is 5.69 Å². The number of hydrogen-bond donors (Lipinski definition) is 1. The zero-order valence-electron chi connectivity index (χ0n) is 15.8. The van der Waals surface area contributed by atoms with E-state index in [1.54, 1.807) is 9.13 Å². The number of ether oxygens (including phenoxy) is 1. The Bertz CT molecular complexity index is 985. The standard InChI is InChI=1S/C21H26N2O3/c1-5-22-18-8-6-7-9-19(18)23(21(22)25)12-17(24)13-26-20-15(3)11-10-14(2)16(20)4/h6-11,17,24H,5,12-13H2,1-4H3/t17-/m1/s1. The van der Waals surface area contributed by atoms with Gasteiger partial charge in [-0.25, -0.2) is 4.79 Å². The van der Waals surface area contributed by atoms with E-state index in [2.05, 4.69) is 6.07 Å². The molecule has 3 rings (SSSR count). The summed E-state index contributed by atoms with van der Waals surface area (Å²) in [4.78, 5) is 12.7. The highest BCUT2D eigenvalue weighted by Gasteiger charge is 2.16. The van der Waals surface area contributed by atoms with Gasteiger partial charge < -0.3 is 9.84 Å². The molecule has 0 aliphatic rings. The third kappa shape index (κ3) is 3.27. The van der Waals surface area contributed by atoms with Gasteiger partial charge in [-0.2, -0.15) is 0 Å². The van der Waals surface area contributed by atoms with Crippen molar-refractivity contribution in [2.24, 2.45) is 0 Å². The van der Waals surface area contributed by atoms with Crippen LogP contribution in [0, 0.1) is 20.8 Å². The Kier molecular flexibility index (Phi) is 5.18. The van der Waals surface area contributed by atoms with Crippen molar-refractivity contribution in [2.45, 2.75) is 46.9 Å². The lowest BCUT2D eigenvalue weighted by Crippen LogP contribution is -2.31. The zero-order chi connectivity index (χ0) is 18.8. The van der Waals surface area contributed by atoms with Crippen LogP contribution in [0.5, 0.6) is 5.75 Å². The molecule has 0 spiro atoms. The zero-order valence-corrected chi connectivity index (χ0v) is 15.8. The van der Waals surface area contributed by atoms with Crippen molar-refractivity contribution < 1.29 is 9.84 Å². The summed E-state index contributed by atoms with van der Waals surface area (Å²) in [6, 6.07) is 11.7. The van der Waals surface area contributed by atoms with Gasteiger partial charge in [-0.15, -0.1) is 0 Å². The predicted molar refractivity (Wildman–Crippen MR) is 104 cm³/mol. The Hall–Kier alpha value is -2.53. The van der Waals surface area contributed by atoms with Crippen LogP contribution < -0.4 is 10.4 Å². The lowest BCUT2D eigenvalue weighted by molar-refractivity contribution is 0.0918. The van der Waals surface area contributed by atoms with Gasteiger partial charge in [0.1, 0.15) is 18.5 Å². The molecule has 1 atom stereocenters. The number of fused-ring (bicyclic) bond motifs is 1. The highest BCUT2D eigenvalue weighted by molar-refractivity contribution is 5.75. The molecule has 1 heterocycles. The molecule has 0 saturated carbocycles. The molecule has 1 aromatic heterocycles. The van der Waals surface area contributed by atoms with Gasteiger partial charge in [-0.3, -0.25) is 9.13 Å². The molecule has 5 heteroatoms. The van der Waals surface area contributed by atoms with Crippen molar-refractivity contribution in [3.63, 3.8) is 0 Å². The summed E-state index contributed by atoms with van der Waals surface area (Å²) in [7, 11) is 0. The van der Waals surface area contributed by atoms with E-state index < -0.39 is 6.10 Å². The summed E-state index contributed by atoms with van der Waals surface area (Å²) in [5.41, 5.74) is 4.90. The van der Waals surface area contributed by atoms with E-state index in [4.69, 9.17) is 4.74 Å². The molecule has 0 amide bonds. The minimum atomic E-state index is -0.775. The molecule has 0 aliphatic carbocycles. The average molecular weight is 354 g/mol. The maximum Gasteiger partial charge on any atom is 0.329 e. The van der Waals surface area contributed by atoms with E-state index in [9.17, 15) is 9.90 Å². The maximum absolute atomic E-state index is 12.7. The number of nitrogens with zero attached hydrogens (tertiary/aromatic N) is 2. The van der Waals surface area contributed by atoms with Gasteiger partial charge in [0, 0.05) is 6.54 Å². The van der Waals surface area contributed by atoms with Crippen molar-refractivity contribution in [2.75, 3.05) is 6.61 Å². The molecular weight excluding hydrogens is 328 g/mol. The van der Waals surface area contributed by atoms with Crippen LogP contribution >= 0.6 is 0 Å². The van der Waals surface area contributed by atoms with Crippen molar-refractivity contribution in [1.82, 2.24) is 9.13 Å². The fourth-order valence-electron chi connectivity index (χ4n) is 3.35. The summed E-state index contributed by atoms with van der Waals surface area (Å²) >= 11 is 0. The summed E-state index contributed by atoms with van der Waals surface area (Å²) in [6.07, 6.45) is -0.775. The summed E-state index contributed by atoms with van der Waals surface area (Å²) < 4.78 is 9.24. The van der Waals surface area contributed by atoms with Crippen LogP contribution in [0.15, 0.2) is 41.2 Å². The number of para-hydroxylation sites is 2. The molecule has 0 bridgehead atoms. The molecule has 5 nitrogen and oxygen atoms in total. The lowest BCUT2D eigenvalue weighted by Gasteiger charge is -2.17. The monoisotopic (exact) mass is 354 g/mol. The van der Waals surface area contributed by atoms with Crippen LogP contribution in [0.1, 0.15) is 23.6 Å². The van der Waals surface area contributed by atoms with E-state index in [1.165, 1.54) is 0 Å². The number of aliphatic hydroxyl groups is 1. The third-order valence-electron chi connectivity index (χ3n) is 4.93. The van der Waals surface area contributed by atoms with E-state index in [0.29, 0.717) is 6.54 Å². The fraction of sp³-hybridized carbons (Fsp3) is 0.381. The number of benzene rings is 2. The number of imidazole rings is 1. The first-order valence-corrected chi connectivity index (χ1v) is 8.99. The Morgan fingerprint density at radius 3 is 2.27 bits per heavy atom. The number of aryl methyl sites for hydroxylation is 3. The highest BCUT2D eigenvalue weighted by atomic mass is 16.5. The molecule has 1 N–H and O–H groups in total. The first-order valence-electron chi connectivity index (χ1n) is 8.99. The molecule has 26 heavy (non-hydrogen) atoms. The number of aromatic nitrogens is 2. The Balaban J connectivity index is 1.81. The first kappa shape index (κ1) is 18.3. The summed E-state index contributed by atoms with van der Waals surface area (Å²) in [5, 5.41) is 10.5. The maximum atomic E-state index is 12.7. The van der Waals surface area contributed by atoms with Crippen molar-refractivity contribution in [1.29, 1.82) is 0 Å². The highest BCUT2D eigenvalue weighted by Crippen LogP contribution is 2.26. The van der Waals surface area contributed by atoms with Gasteiger partial charge in [0.05, 0.1) is 17.6 Å². The van der Waals surface area contributed by atoms with Crippen molar-refractivity contribution in [3.8, 4) is 5.75 Å². The predicted octanol–water partition coefficient (Wildman–Crippen LogP) is 3.19.